The van der Waals surface area contributed by atoms with Crippen LogP contribution in [0.15, 0.2) is 24.3 Å². The van der Waals surface area contributed by atoms with Crippen LogP contribution >= 0.6 is 0 Å². The molecule has 2 heterocycles. The Hall–Kier alpha value is -2.08. The van der Waals surface area contributed by atoms with Crippen LogP contribution in [0.4, 0.5) is 0 Å². The second-order valence-corrected chi connectivity index (χ2v) is 7.79. The van der Waals surface area contributed by atoms with Gasteiger partial charge in [-0.2, -0.15) is 0 Å². The molecule has 2 amide bonds. The van der Waals surface area contributed by atoms with Crippen LogP contribution in [0.25, 0.3) is 0 Å². The third-order valence-corrected chi connectivity index (χ3v) is 5.71. The van der Waals surface area contributed by atoms with Gasteiger partial charge in [0.25, 0.3) is 11.8 Å². The summed E-state index contributed by atoms with van der Waals surface area (Å²) in [7, 11) is 0. The Balaban J connectivity index is 1.56. The molecule has 0 saturated carbocycles. The van der Waals surface area contributed by atoms with E-state index in [4.69, 9.17) is 4.74 Å². The van der Waals surface area contributed by atoms with Crippen LogP contribution in [0.3, 0.4) is 0 Å². The van der Waals surface area contributed by atoms with Crippen molar-refractivity contribution in [2.75, 3.05) is 26.2 Å². The molecule has 1 aromatic rings. The third-order valence-electron chi connectivity index (χ3n) is 5.71. The van der Waals surface area contributed by atoms with Gasteiger partial charge in [0.05, 0.1) is 0 Å². The van der Waals surface area contributed by atoms with Crippen LogP contribution < -0.4 is 10.1 Å². The van der Waals surface area contributed by atoms with Gasteiger partial charge >= 0.3 is 0 Å². The number of likely N-dealkylation sites (tertiary alicyclic amines) is 1. The zero-order valence-electron chi connectivity index (χ0n) is 16.6. The van der Waals surface area contributed by atoms with E-state index in [1.807, 2.05) is 9.80 Å². The summed E-state index contributed by atoms with van der Waals surface area (Å²) < 4.78 is 5.69. The van der Waals surface area contributed by atoms with Crippen LogP contribution in [0.2, 0.25) is 0 Å². The predicted molar refractivity (Wildman–Crippen MR) is 105 cm³/mol. The molecule has 3 atom stereocenters. The zero-order chi connectivity index (χ0) is 19.4. The summed E-state index contributed by atoms with van der Waals surface area (Å²) in [5.41, 5.74) is 0.653. The molecule has 2 aliphatic rings. The van der Waals surface area contributed by atoms with Crippen molar-refractivity contribution in [3.05, 3.63) is 29.8 Å². The molecule has 1 aromatic carbocycles. The number of carbonyl (C=O) groups is 2. The highest BCUT2D eigenvalue weighted by Crippen LogP contribution is 2.23. The number of nitrogens with zero attached hydrogens (tertiary/aromatic N) is 2. The minimum absolute atomic E-state index is 0.0319. The number of rotatable bonds is 4. The summed E-state index contributed by atoms with van der Waals surface area (Å²) in [5, 5.41) is 3.29. The maximum Gasteiger partial charge on any atom is 0.260 e. The molecule has 0 aliphatic carbocycles. The standard InChI is InChI=1S/C21H31N3O3/c1-15-5-4-6-16(2)24(15)20(25)14-27-19-9-7-18(8-10-19)21(26)23-12-11-22-13-17(23)3/h7-10,15-17,22H,4-6,11-14H2,1-3H3/t15?,16?,17-/m0/s1. The molecule has 6 heteroatoms. The highest BCUT2D eigenvalue weighted by molar-refractivity contribution is 5.94. The normalized spacial score (nSPS) is 26.0. The van der Waals surface area contributed by atoms with Crippen molar-refractivity contribution in [1.29, 1.82) is 0 Å². The summed E-state index contributed by atoms with van der Waals surface area (Å²) >= 11 is 0. The molecule has 2 fully saturated rings. The van der Waals surface area contributed by atoms with Gasteiger partial charge in [0.1, 0.15) is 5.75 Å². The van der Waals surface area contributed by atoms with Gasteiger partial charge in [0, 0.05) is 43.3 Å². The summed E-state index contributed by atoms with van der Waals surface area (Å²) in [5.74, 6) is 0.692. The van der Waals surface area contributed by atoms with Crippen molar-refractivity contribution >= 4 is 11.8 Å². The lowest BCUT2D eigenvalue weighted by molar-refractivity contribution is -0.139. The molecular weight excluding hydrogens is 342 g/mol. The first-order valence-corrected chi connectivity index (χ1v) is 10.0. The lowest BCUT2D eigenvalue weighted by Crippen LogP contribution is -2.52. The van der Waals surface area contributed by atoms with Crippen LogP contribution in [-0.2, 0) is 4.79 Å². The SMILES string of the molecule is CC1CCCC(C)N1C(=O)COc1ccc(C(=O)N2CCNC[C@@H]2C)cc1. The Morgan fingerprint density at radius 1 is 1.07 bits per heavy atom. The fraction of sp³-hybridized carbons (Fsp3) is 0.619. The summed E-state index contributed by atoms with van der Waals surface area (Å²) in [6, 6.07) is 7.84. The second-order valence-electron chi connectivity index (χ2n) is 7.79. The average Bonchev–Trinajstić information content (AvgIpc) is 2.66. The van der Waals surface area contributed by atoms with Crippen LogP contribution in [0, 0.1) is 0 Å². The van der Waals surface area contributed by atoms with Crippen LogP contribution in [0.5, 0.6) is 5.75 Å². The molecule has 0 spiro atoms. The number of piperazine rings is 1. The third kappa shape index (κ3) is 4.61. The van der Waals surface area contributed by atoms with E-state index in [1.54, 1.807) is 24.3 Å². The van der Waals surface area contributed by atoms with Crippen molar-refractivity contribution < 1.29 is 14.3 Å². The number of hydrogen-bond donors (Lipinski definition) is 1. The Labute approximate surface area is 161 Å². The Morgan fingerprint density at radius 2 is 1.74 bits per heavy atom. The Kier molecular flexibility index (Phi) is 6.37. The summed E-state index contributed by atoms with van der Waals surface area (Å²) in [6.07, 6.45) is 3.28. The van der Waals surface area contributed by atoms with Crippen LogP contribution in [-0.4, -0.2) is 66.0 Å². The lowest BCUT2D eigenvalue weighted by Gasteiger charge is -2.39. The topological polar surface area (TPSA) is 61.9 Å². The quantitative estimate of drug-likeness (QED) is 0.880. The minimum atomic E-state index is 0.0319. The number of ether oxygens (including phenoxy) is 1. The maximum atomic E-state index is 12.7. The summed E-state index contributed by atoms with van der Waals surface area (Å²) in [4.78, 5) is 29.1. The first-order valence-electron chi connectivity index (χ1n) is 10.0. The fourth-order valence-corrected chi connectivity index (χ4v) is 4.13. The predicted octanol–water partition coefficient (Wildman–Crippen LogP) is 2.29. The van der Waals surface area contributed by atoms with Crippen molar-refractivity contribution in [3.63, 3.8) is 0 Å². The van der Waals surface area contributed by atoms with Crippen molar-refractivity contribution in [3.8, 4) is 5.75 Å². The molecule has 0 aromatic heterocycles. The summed E-state index contributed by atoms with van der Waals surface area (Å²) in [6.45, 7) is 8.66. The average molecular weight is 373 g/mol. The van der Waals surface area contributed by atoms with Gasteiger partial charge in [-0.3, -0.25) is 9.59 Å². The van der Waals surface area contributed by atoms with E-state index in [2.05, 4.69) is 26.1 Å². The molecule has 0 bridgehead atoms. The van der Waals surface area contributed by atoms with Crippen molar-refractivity contribution in [2.24, 2.45) is 0 Å². The van der Waals surface area contributed by atoms with E-state index in [9.17, 15) is 9.59 Å². The second kappa shape index (κ2) is 8.74. The van der Waals surface area contributed by atoms with Crippen LogP contribution in [0.1, 0.15) is 50.4 Å². The number of nitrogens with one attached hydrogen (secondary N) is 1. The number of benzene rings is 1. The van der Waals surface area contributed by atoms with Gasteiger partial charge in [0.2, 0.25) is 0 Å². The molecule has 1 N–H and O–H groups in total. The monoisotopic (exact) mass is 373 g/mol. The zero-order valence-corrected chi connectivity index (χ0v) is 16.6. The van der Waals surface area contributed by atoms with E-state index < -0.39 is 0 Å². The molecule has 6 nitrogen and oxygen atoms in total. The molecule has 2 saturated heterocycles. The lowest BCUT2D eigenvalue weighted by atomic mass is 9.97. The van der Waals surface area contributed by atoms with Gasteiger partial charge in [-0.25, -0.2) is 0 Å². The van der Waals surface area contributed by atoms with E-state index in [0.717, 1.165) is 32.5 Å². The van der Waals surface area contributed by atoms with E-state index in [0.29, 0.717) is 11.3 Å². The van der Waals surface area contributed by atoms with Gasteiger partial charge < -0.3 is 19.9 Å². The van der Waals surface area contributed by atoms with E-state index in [1.165, 1.54) is 6.42 Å². The van der Waals surface area contributed by atoms with Gasteiger partial charge in [0.15, 0.2) is 6.61 Å². The first-order chi connectivity index (χ1) is 13.0. The smallest absolute Gasteiger partial charge is 0.260 e. The number of amides is 2. The number of piperidine rings is 1. The number of carbonyl (C=O) groups excluding carboxylic acids is 2. The molecule has 3 rings (SSSR count). The molecule has 148 valence electrons. The Bertz CT molecular complexity index is 651. The number of hydrogen-bond acceptors (Lipinski definition) is 4. The molecule has 2 unspecified atom stereocenters. The molecule has 27 heavy (non-hydrogen) atoms. The first kappa shape index (κ1) is 19.7. The Morgan fingerprint density at radius 3 is 2.37 bits per heavy atom. The highest BCUT2D eigenvalue weighted by Gasteiger charge is 2.29. The van der Waals surface area contributed by atoms with Gasteiger partial charge in [-0.15, -0.1) is 0 Å². The largest absolute Gasteiger partial charge is 0.484 e. The fourth-order valence-electron chi connectivity index (χ4n) is 4.13. The molecular formula is C21H31N3O3. The minimum Gasteiger partial charge on any atom is -0.484 e. The molecule has 2 aliphatic heterocycles. The van der Waals surface area contributed by atoms with Gasteiger partial charge in [-0.05, 0) is 64.3 Å². The van der Waals surface area contributed by atoms with E-state index >= 15 is 0 Å². The van der Waals surface area contributed by atoms with Crippen molar-refractivity contribution in [1.82, 2.24) is 15.1 Å². The maximum absolute atomic E-state index is 12.7. The van der Waals surface area contributed by atoms with Crippen molar-refractivity contribution in [2.45, 2.75) is 58.2 Å². The highest BCUT2D eigenvalue weighted by atomic mass is 16.5. The molecule has 0 radical (unpaired) electrons. The van der Waals surface area contributed by atoms with Gasteiger partial charge in [-0.1, -0.05) is 0 Å². The van der Waals surface area contributed by atoms with E-state index in [-0.39, 0.29) is 36.5 Å².